The maximum atomic E-state index is 11.4. The van der Waals surface area contributed by atoms with Crippen LogP contribution in [0.4, 0.5) is 5.13 Å². The van der Waals surface area contributed by atoms with Gasteiger partial charge in [0.15, 0.2) is 5.13 Å². The van der Waals surface area contributed by atoms with E-state index in [1.807, 2.05) is 5.38 Å². The maximum Gasteiger partial charge on any atom is 0.311 e. The molecule has 19 heavy (non-hydrogen) atoms. The molecule has 0 bridgehead atoms. The molecule has 7 heteroatoms. The lowest BCUT2D eigenvalue weighted by Gasteiger charge is -2.09. The number of amides is 1. The van der Waals surface area contributed by atoms with Gasteiger partial charge in [-0.25, -0.2) is 4.98 Å². The molecule has 1 aromatic heterocycles. The molecule has 106 valence electrons. The van der Waals surface area contributed by atoms with Crippen molar-refractivity contribution in [3.05, 3.63) is 11.1 Å². The Bertz CT molecular complexity index is 432. The van der Waals surface area contributed by atoms with Crippen LogP contribution in [0.25, 0.3) is 0 Å². The Hall–Kier alpha value is -1.63. The van der Waals surface area contributed by atoms with Gasteiger partial charge in [-0.15, -0.1) is 11.3 Å². The van der Waals surface area contributed by atoms with Gasteiger partial charge >= 0.3 is 5.97 Å². The first-order valence-electron chi connectivity index (χ1n) is 6.07. The van der Waals surface area contributed by atoms with Crippen molar-refractivity contribution < 1.29 is 14.3 Å². The number of anilines is 1. The van der Waals surface area contributed by atoms with E-state index in [2.05, 4.69) is 10.3 Å². The van der Waals surface area contributed by atoms with Gasteiger partial charge in [0.25, 0.3) is 0 Å². The van der Waals surface area contributed by atoms with Crippen LogP contribution in [0.1, 0.15) is 19.0 Å². The van der Waals surface area contributed by atoms with Crippen molar-refractivity contribution in [2.45, 2.75) is 19.8 Å². The number of nitrogens with zero attached hydrogens (tertiary/aromatic N) is 2. The van der Waals surface area contributed by atoms with Gasteiger partial charge in [0.2, 0.25) is 5.91 Å². The Kier molecular flexibility index (Phi) is 6.27. The van der Waals surface area contributed by atoms with E-state index < -0.39 is 0 Å². The molecule has 1 rings (SSSR count). The molecule has 1 amide bonds. The van der Waals surface area contributed by atoms with Gasteiger partial charge in [0.1, 0.15) is 0 Å². The van der Waals surface area contributed by atoms with Crippen LogP contribution in [0, 0.1) is 0 Å². The number of nitrogens with one attached hydrogen (secondary N) is 1. The number of hydrogen-bond acceptors (Lipinski definition) is 6. The predicted octanol–water partition coefficient (Wildman–Crippen LogP) is 1.14. The predicted molar refractivity (Wildman–Crippen MR) is 74.3 cm³/mol. The highest BCUT2D eigenvalue weighted by atomic mass is 32.1. The first-order chi connectivity index (χ1) is 9.02. The summed E-state index contributed by atoms with van der Waals surface area (Å²) >= 11 is 1.41. The van der Waals surface area contributed by atoms with Crippen molar-refractivity contribution in [1.29, 1.82) is 0 Å². The molecule has 1 N–H and O–H groups in total. The van der Waals surface area contributed by atoms with Crippen LogP contribution in [-0.4, -0.2) is 49.0 Å². The highest BCUT2D eigenvalue weighted by Crippen LogP contribution is 2.16. The second-order valence-electron chi connectivity index (χ2n) is 4.09. The molecule has 1 aromatic rings. The molecule has 0 fully saturated rings. The van der Waals surface area contributed by atoms with E-state index in [1.165, 1.54) is 11.3 Å². The minimum atomic E-state index is -0.276. The van der Waals surface area contributed by atoms with Crippen molar-refractivity contribution in [2.24, 2.45) is 0 Å². The van der Waals surface area contributed by atoms with Crippen molar-refractivity contribution in [1.82, 2.24) is 9.88 Å². The molecular formula is C12H19N3O3S. The van der Waals surface area contributed by atoms with E-state index in [4.69, 9.17) is 4.74 Å². The largest absolute Gasteiger partial charge is 0.466 e. The molecule has 0 unspecified atom stereocenters. The van der Waals surface area contributed by atoms with Gasteiger partial charge in [0.05, 0.1) is 18.7 Å². The fraction of sp³-hybridized carbons (Fsp3) is 0.583. The normalized spacial score (nSPS) is 10.1. The highest BCUT2D eigenvalue weighted by molar-refractivity contribution is 7.13. The quantitative estimate of drug-likeness (QED) is 0.761. The number of carbonyl (C=O) groups excluding carboxylic acids is 2. The second-order valence-corrected chi connectivity index (χ2v) is 4.95. The van der Waals surface area contributed by atoms with Gasteiger partial charge < -0.3 is 15.0 Å². The summed E-state index contributed by atoms with van der Waals surface area (Å²) in [5, 5.41) is 5.59. The fourth-order valence-electron chi connectivity index (χ4n) is 1.33. The second kappa shape index (κ2) is 7.73. The fourth-order valence-corrected chi connectivity index (χ4v) is 2.07. The average molecular weight is 285 g/mol. The summed E-state index contributed by atoms with van der Waals surface area (Å²) in [6.45, 7) is 2.68. The van der Waals surface area contributed by atoms with E-state index in [1.54, 1.807) is 25.9 Å². The average Bonchev–Trinajstić information content (AvgIpc) is 2.76. The Morgan fingerprint density at radius 3 is 2.84 bits per heavy atom. The highest BCUT2D eigenvalue weighted by Gasteiger charge is 2.09. The van der Waals surface area contributed by atoms with E-state index in [0.29, 0.717) is 30.4 Å². The van der Waals surface area contributed by atoms with Crippen molar-refractivity contribution in [2.75, 3.05) is 32.6 Å². The third kappa shape index (κ3) is 5.69. The molecule has 0 radical (unpaired) electrons. The minimum absolute atomic E-state index is 0.0656. The number of esters is 1. The summed E-state index contributed by atoms with van der Waals surface area (Å²) in [5.41, 5.74) is 0.685. The van der Waals surface area contributed by atoms with Crippen LogP contribution >= 0.6 is 11.3 Å². The van der Waals surface area contributed by atoms with Gasteiger partial charge in [-0.3, -0.25) is 9.59 Å². The van der Waals surface area contributed by atoms with E-state index >= 15 is 0 Å². The summed E-state index contributed by atoms with van der Waals surface area (Å²) in [6, 6.07) is 0. The number of ether oxygens (including phenoxy) is 1. The molecule has 0 aromatic carbocycles. The summed E-state index contributed by atoms with van der Waals surface area (Å²) < 4.78 is 4.85. The topological polar surface area (TPSA) is 71.5 Å². The molecule has 0 saturated carbocycles. The molecule has 0 saturated heterocycles. The third-order valence-corrected chi connectivity index (χ3v) is 3.15. The molecule has 0 aliphatic carbocycles. The summed E-state index contributed by atoms with van der Waals surface area (Å²) in [6.07, 6.45) is 0.600. The smallest absolute Gasteiger partial charge is 0.311 e. The monoisotopic (exact) mass is 285 g/mol. The SMILES string of the molecule is CCOC(=O)Cc1csc(NCCC(=O)N(C)C)n1. The van der Waals surface area contributed by atoms with Crippen LogP contribution in [0.5, 0.6) is 0 Å². The number of carbonyl (C=O) groups is 2. The Morgan fingerprint density at radius 1 is 1.47 bits per heavy atom. The van der Waals surface area contributed by atoms with Gasteiger partial charge in [0, 0.05) is 32.4 Å². The van der Waals surface area contributed by atoms with Crippen LogP contribution in [0.15, 0.2) is 5.38 Å². The molecule has 0 aliphatic rings. The molecule has 6 nitrogen and oxygen atoms in total. The molecule has 0 atom stereocenters. The number of rotatable bonds is 7. The Balaban J connectivity index is 2.34. The maximum absolute atomic E-state index is 11.4. The lowest BCUT2D eigenvalue weighted by atomic mass is 10.3. The lowest BCUT2D eigenvalue weighted by Crippen LogP contribution is -2.23. The molecule has 1 heterocycles. The van der Waals surface area contributed by atoms with Crippen molar-refractivity contribution in [3.8, 4) is 0 Å². The summed E-state index contributed by atoms with van der Waals surface area (Å²) in [5.74, 6) is -0.210. The van der Waals surface area contributed by atoms with Gasteiger partial charge in [-0.05, 0) is 6.92 Å². The zero-order valence-corrected chi connectivity index (χ0v) is 12.2. The molecule has 0 aliphatic heterocycles. The minimum Gasteiger partial charge on any atom is -0.466 e. The summed E-state index contributed by atoms with van der Waals surface area (Å²) in [4.78, 5) is 28.4. The van der Waals surface area contributed by atoms with Crippen molar-refractivity contribution in [3.63, 3.8) is 0 Å². The third-order valence-electron chi connectivity index (χ3n) is 2.30. The first kappa shape index (κ1) is 15.4. The van der Waals surface area contributed by atoms with Crippen LogP contribution < -0.4 is 5.32 Å². The zero-order chi connectivity index (χ0) is 14.3. The van der Waals surface area contributed by atoms with Crippen LogP contribution in [-0.2, 0) is 20.7 Å². The Morgan fingerprint density at radius 2 is 2.21 bits per heavy atom. The van der Waals surface area contributed by atoms with Crippen molar-refractivity contribution >= 4 is 28.3 Å². The number of thiazole rings is 1. The van der Waals surface area contributed by atoms with Crippen LogP contribution in [0.3, 0.4) is 0 Å². The van der Waals surface area contributed by atoms with Gasteiger partial charge in [-0.2, -0.15) is 0 Å². The van der Waals surface area contributed by atoms with E-state index in [0.717, 1.165) is 0 Å². The number of aromatic nitrogens is 1. The zero-order valence-electron chi connectivity index (χ0n) is 11.4. The summed E-state index contributed by atoms with van der Waals surface area (Å²) in [7, 11) is 3.45. The van der Waals surface area contributed by atoms with E-state index in [-0.39, 0.29) is 18.3 Å². The van der Waals surface area contributed by atoms with Gasteiger partial charge in [-0.1, -0.05) is 0 Å². The number of hydrogen-bond donors (Lipinski definition) is 1. The first-order valence-corrected chi connectivity index (χ1v) is 6.95. The molecular weight excluding hydrogens is 266 g/mol. The lowest BCUT2D eigenvalue weighted by molar-refractivity contribution is -0.142. The van der Waals surface area contributed by atoms with E-state index in [9.17, 15) is 9.59 Å². The molecule has 0 spiro atoms. The Labute approximate surface area is 116 Å². The van der Waals surface area contributed by atoms with Crippen LogP contribution in [0.2, 0.25) is 0 Å². The standard InChI is InChI=1S/C12H19N3O3S/c1-4-18-11(17)7-9-8-19-12(14-9)13-6-5-10(16)15(2)3/h8H,4-7H2,1-3H3,(H,13,14).